The molecule has 0 amide bonds. The van der Waals surface area contributed by atoms with Crippen LogP contribution in [0.3, 0.4) is 0 Å². The molecule has 2 heterocycles. The highest BCUT2D eigenvalue weighted by molar-refractivity contribution is 6.62. The molecule has 1 aliphatic carbocycles. The van der Waals surface area contributed by atoms with Crippen LogP contribution in [-0.2, 0) is 9.31 Å². The fraction of sp³-hybridized carbons (Fsp3) is 0.765. The van der Waals surface area contributed by atoms with Crippen LogP contribution in [0.5, 0.6) is 5.88 Å². The predicted molar refractivity (Wildman–Crippen MR) is 93.3 cm³/mol. The summed E-state index contributed by atoms with van der Waals surface area (Å²) in [5, 5.41) is 7.84. The summed E-state index contributed by atoms with van der Waals surface area (Å²) in [5.41, 5.74) is 5.11. The van der Waals surface area contributed by atoms with Gasteiger partial charge in [-0.3, -0.25) is 0 Å². The van der Waals surface area contributed by atoms with Gasteiger partial charge in [-0.25, -0.2) is 0 Å². The molecule has 0 aromatic carbocycles. The van der Waals surface area contributed by atoms with Crippen LogP contribution in [0.25, 0.3) is 0 Å². The number of rotatable bonds is 4. The number of aromatic nitrogens is 2. The van der Waals surface area contributed by atoms with Crippen LogP contribution in [0.4, 0.5) is 13.2 Å². The molecule has 6 nitrogen and oxygen atoms in total. The minimum atomic E-state index is -4.10. The van der Waals surface area contributed by atoms with Crippen molar-refractivity contribution in [2.45, 2.75) is 64.0 Å². The van der Waals surface area contributed by atoms with E-state index in [4.69, 9.17) is 19.8 Å². The van der Waals surface area contributed by atoms with E-state index in [1.807, 2.05) is 13.8 Å². The first-order valence-electron chi connectivity index (χ1n) is 9.14. The number of ether oxygens (including phenoxy) is 1. The largest absolute Gasteiger partial charge is 0.497 e. The third kappa shape index (κ3) is 4.55. The minimum Gasteiger partial charge on any atom is -0.476 e. The lowest BCUT2D eigenvalue weighted by molar-refractivity contribution is -0.184. The highest BCUT2D eigenvalue weighted by Crippen LogP contribution is 2.39. The molecule has 1 atom stereocenters. The van der Waals surface area contributed by atoms with Gasteiger partial charge in [0.05, 0.1) is 18.1 Å². The van der Waals surface area contributed by atoms with Gasteiger partial charge in [0.1, 0.15) is 5.72 Å². The van der Waals surface area contributed by atoms with E-state index in [9.17, 15) is 13.2 Å². The first kappa shape index (κ1) is 20.4. The summed E-state index contributed by atoms with van der Waals surface area (Å²) < 4.78 is 55.5. The summed E-state index contributed by atoms with van der Waals surface area (Å²) in [5.74, 6) is -0.817. The first-order chi connectivity index (χ1) is 12.5. The van der Waals surface area contributed by atoms with Crippen LogP contribution in [-0.4, -0.2) is 41.4 Å². The van der Waals surface area contributed by atoms with Crippen LogP contribution in [0.15, 0.2) is 12.3 Å². The van der Waals surface area contributed by atoms with Gasteiger partial charge in [-0.2, -0.15) is 18.3 Å². The van der Waals surface area contributed by atoms with Gasteiger partial charge in [0.25, 0.3) is 0 Å². The van der Waals surface area contributed by atoms with Gasteiger partial charge in [-0.1, -0.05) is 0 Å². The summed E-state index contributed by atoms with van der Waals surface area (Å²) in [6, 6.07) is 1.66. The maximum Gasteiger partial charge on any atom is 0.497 e. The van der Waals surface area contributed by atoms with Crippen molar-refractivity contribution in [1.29, 1.82) is 0 Å². The SMILES string of the molecule is CC1(C)OB(c2cnnc(OCC3CCC(C(F)(F)F)CC3)c2)OC1(C)N. The van der Waals surface area contributed by atoms with Gasteiger partial charge in [0.15, 0.2) is 0 Å². The Bertz CT molecular complexity index is 648. The molecule has 2 aliphatic rings. The van der Waals surface area contributed by atoms with Crippen LogP contribution < -0.4 is 15.9 Å². The van der Waals surface area contributed by atoms with Crippen molar-refractivity contribution in [3.8, 4) is 5.88 Å². The number of hydrogen-bond donors (Lipinski definition) is 1. The lowest BCUT2D eigenvalue weighted by Crippen LogP contribution is -2.52. The van der Waals surface area contributed by atoms with Gasteiger partial charge >= 0.3 is 13.3 Å². The molecule has 3 rings (SSSR count). The number of hydrogen-bond acceptors (Lipinski definition) is 6. The number of halogens is 3. The summed E-state index contributed by atoms with van der Waals surface area (Å²) in [7, 11) is -0.685. The van der Waals surface area contributed by atoms with E-state index < -0.39 is 30.5 Å². The molecular weight excluding hydrogens is 362 g/mol. The van der Waals surface area contributed by atoms with Crippen molar-refractivity contribution in [2.75, 3.05) is 6.61 Å². The second-order valence-corrected chi connectivity index (χ2v) is 8.08. The standard InChI is InChI=1S/C17H25BF3N3O3/c1-15(2)16(3,22)27-18(26-15)13-8-14(24-23-9-13)25-10-11-4-6-12(7-5-11)17(19,20)21/h8-9,11-12H,4-7,10,22H2,1-3H3. The van der Waals surface area contributed by atoms with Crippen molar-refractivity contribution < 1.29 is 27.2 Å². The molecule has 150 valence electrons. The third-order valence-corrected chi connectivity index (χ3v) is 5.65. The normalized spacial score (nSPS) is 31.1. The minimum absolute atomic E-state index is 0.0827. The van der Waals surface area contributed by atoms with Gasteiger partial charge < -0.3 is 19.8 Å². The molecule has 2 N–H and O–H groups in total. The summed E-state index contributed by atoms with van der Waals surface area (Å²) in [4.78, 5) is 0. The molecule has 1 unspecified atom stereocenters. The molecule has 1 aromatic heterocycles. The van der Waals surface area contributed by atoms with E-state index in [-0.39, 0.29) is 18.8 Å². The molecule has 1 saturated heterocycles. The zero-order valence-corrected chi connectivity index (χ0v) is 15.8. The average molecular weight is 387 g/mol. The van der Waals surface area contributed by atoms with E-state index in [0.29, 0.717) is 30.8 Å². The van der Waals surface area contributed by atoms with Crippen molar-refractivity contribution >= 4 is 12.6 Å². The van der Waals surface area contributed by atoms with E-state index in [0.717, 1.165) is 0 Å². The molecule has 0 bridgehead atoms. The highest BCUT2D eigenvalue weighted by Gasteiger charge is 2.52. The summed E-state index contributed by atoms with van der Waals surface area (Å²) in [6.07, 6.45) is -1.30. The van der Waals surface area contributed by atoms with Crippen molar-refractivity contribution in [3.63, 3.8) is 0 Å². The van der Waals surface area contributed by atoms with Crippen LogP contribution >= 0.6 is 0 Å². The predicted octanol–water partition coefficient (Wildman–Crippen LogP) is 2.42. The van der Waals surface area contributed by atoms with E-state index in [1.54, 1.807) is 13.0 Å². The Morgan fingerprint density at radius 2 is 1.89 bits per heavy atom. The Hall–Kier alpha value is -1.39. The molecule has 1 saturated carbocycles. The van der Waals surface area contributed by atoms with Gasteiger partial charge in [0, 0.05) is 17.7 Å². The highest BCUT2D eigenvalue weighted by atomic mass is 19.4. The van der Waals surface area contributed by atoms with Gasteiger partial charge in [-0.15, -0.1) is 5.10 Å². The van der Waals surface area contributed by atoms with Gasteiger partial charge in [-0.05, 0) is 52.4 Å². The molecule has 1 aromatic rings. The van der Waals surface area contributed by atoms with Crippen molar-refractivity contribution in [3.05, 3.63) is 12.3 Å². The van der Waals surface area contributed by atoms with Crippen molar-refractivity contribution in [1.82, 2.24) is 10.2 Å². The Morgan fingerprint density at radius 3 is 2.44 bits per heavy atom. The van der Waals surface area contributed by atoms with E-state index in [1.165, 1.54) is 6.20 Å². The molecule has 1 aliphatic heterocycles. The lowest BCUT2D eigenvalue weighted by atomic mass is 9.80. The Morgan fingerprint density at radius 1 is 1.22 bits per heavy atom. The fourth-order valence-electron chi connectivity index (χ4n) is 3.33. The number of nitrogens with two attached hydrogens (primary N) is 1. The van der Waals surface area contributed by atoms with Crippen LogP contribution in [0.1, 0.15) is 46.5 Å². The zero-order chi connectivity index (χ0) is 19.9. The molecule has 27 heavy (non-hydrogen) atoms. The topological polar surface area (TPSA) is 79.5 Å². The maximum atomic E-state index is 12.7. The monoisotopic (exact) mass is 387 g/mol. The Labute approximate surface area is 157 Å². The average Bonchev–Trinajstić information content (AvgIpc) is 2.81. The number of nitrogens with zero attached hydrogens (tertiary/aromatic N) is 2. The van der Waals surface area contributed by atoms with Crippen molar-refractivity contribution in [2.24, 2.45) is 17.6 Å². The third-order valence-electron chi connectivity index (χ3n) is 5.65. The molecule has 0 radical (unpaired) electrons. The quantitative estimate of drug-likeness (QED) is 0.800. The van der Waals surface area contributed by atoms with Crippen LogP contribution in [0.2, 0.25) is 0 Å². The molecule has 10 heteroatoms. The second-order valence-electron chi connectivity index (χ2n) is 8.08. The first-order valence-corrected chi connectivity index (χ1v) is 9.14. The molecule has 2 fully saturated rings. The fourth-order valence-corrected chi connectivity index (χ4v) is 3.33. The van der Waals surface area contributed by atoms with Gasteiger partial charge in [0.2, 0.25) is 5.88 Å². The Kier molecular flexibility index (Phi) is 5.44. The van der Waals surface area contributed by atoms with Crippen LogP contribution in [0, 0.1) is 11.8 Å². The zero-order valence-electron chi connectivity index (χ0n) is 15.8. The lowest BCUT2D eigenvalue weighted by Gasteiger charge is -2.31. The molecular formula is C17H25BF3N3O3. The Balaban J connectivity index is 1.55. The number of alkyl halides is 3. The smallest absolute Gasteiger partial charge is 0.476 e. The second kappa shape index (κ2) is 7.22. The molecule has 0 spiro atoms. The van der Waals surface area contributed by atoms with E-state index >= 15 is 0 Å². The maximum absolute atomic E-state index is 12.7. The summed E-state index contributed by atoms with van der Waals surface area (Å²) in [6.45, 7) is 5.75. The van der Waals surface area contributed by atoms with E-state index in [2.05, 4.69) is 10.2 Å². The summed E-state index contributed by atoms with van der Waals surface area (Å²) >= 11 is 0.